The zero-order valence-electron chi connectivity index (χ0n) is 16.6. The van der Waals surface area contributed by atoms with Gasteiger partial charge in [-0.3, -0.25) is 4.79 Å². The zero-order valence-corrected chi connectivity index (χ0v) is 17.4. The van der Waals surface area contributed by atoms with Crippen molar-refractivity contribution in [1.29, 1.82) is 0 Å². The maximum atomic E-state index is 12.3. The molecule has 2 aromatic rings. The fourth-order valence-corrected chi connectivity index (χ4v) is 4.41. The van der Waals surface area contributed by atoms with E-state index in [1.54, 1.807) is 38.1 Å². The van der Waals surface area contributed by atoms with E-state index in [2.05, 4.69) is 11.4 Å². The second-order valence-electron chi connectivity index (χ2n) is 7.63. The third-order valence-corrected chi connectivity index (χ3v) is 7.11. The Morgan fingerprint density at radius 2 is 1.75 bits per heavy atom. The summed E-state index contributed by atoms with van der Waals surface area (Å²) >= 11 is 0. The predicted molar refractivity (Wildman–Crippen MR) is 109 cm³/mol. The highest BCUT2D eigenvalue weighted by Gasteiger charge is 2.19. The minimum Gasteiger partial charge on any atom is -0.493 e. The molecule has 0 saturated heterocycles. The maximum Gasteiger partial charge on any atom is 0.224 e. The Labute approximate surface area is 167 Å². The Balaban J connectivity index is 1.55. The molecule has 3 rings (SSSR count). The molecule has 2 aromatic carbocycles. The van der Waals surface area contributed by atoms with E-state index in [9.17, 15) is 13.2 Å². The number of rotatable bonds is 7. The zero-order chi connectivity index (χ0) is 20.3. The van der Waals surface area contributed by atoms with Crippen LogP contribution in [-0.4, -0.2) is 32.2 Å². The van der Waals surface area contributed by atoms with E-state index >= 15 is 0 Å². The Kier molecular flexibility index (Phi) is 6.08. The van der Waals surface area contributed by atoms with Crippen LogP contribution in [0.15, 0.2) is 47.4 Å². The van der Waals surface area contributed by atoms with Gasteiger partial charge < -0.3 is 10.1 Å². The van der Waals surface area contributed by atoms with Crippen molar-refractivity contribution < 1.29 is 17.9 Å². The fraction of sp³-hybridized carbons (Fsp3) is 0.409. The van der Waals surface area contributed by atoms with Gasteiger partial charge in [0.2, 0.25) is 5.91 Å². The van der Waals surface area contributed by atoms with Gasteiger partial charge in [0.05, 0.1) is 23.2 Å². The van der Waals surface area contributed by atoms with Crippen LogP contribution in [0.1, 0.15) is 37.5 Å². The largest absolute Gasteiger partial charge is 0.493 e. The number of carbonyl (C=O) groups is 1. The van der Waals surface area contributed by atoms with Crippen molar-refractivity contribution >= 4 is 15.7 Å². The molecule has 1 atom stereocenters. The molecule has 1 aliphatic rings. The van der Waals surface area contributed by atoms with Crippen LogP contribution in [0.2, 0.25) is 0 Å². The average molecular weight is 402 g/mol. The molecule has 6 heteroatoms. The molecular weight excluding hydrogens is 374 g/mol. The molecule has 0 spiro atoms. The predicted octanol–water partition coefficient (Wildman–Crippen LogP) is 3.09. The fourth-order valence-electron chi connectivity index (χ4n) is 3.35. The van der Waals surface area contributed by atoms with Crippen LogP contribution < -0.4 is 10.1 Å². The van der Waals surface area contributed by atoms with Gasteiger partial charge in [0.15, 0.2) is 9.84 Å². The Hall–Kier alpha value is -2.34. The molecule has 1 heterocycles. The van der Waals surface area contributed by atoms with E-state index in [1.165, 1.54) is 11.1 Å². The summed E-state index contributed by atoms with van der Waals surface area (Å²) in [6.07, 6.45) is 1.92. The molecular formula is C22H27NO4S. The van der Waals surface area contributed by atoms with Crippen molar-refractivity contribution in [2.75, 3.05) is 6.61 Å². The smallest absolute Gasteiger partial charge is 0.224 e. The second-order valence-corrected chi connectivity index (χ2v) is 10.1. The van der Waals surface area contributed by atoms with Gasteiger partial charge in [-0.15, -0.1) is 0 Å². The average Bonchev–Trinajstić information content (AvgIpc) is 3.09. The summed E-state index contributed by atoms with van der Waals surface area (Å²) in [5, 5.41) is 2.55. The first-order valence-electron chi connectivity index (χ1n) is 9.62. The van der Waals surface area contributed by atoms with Crippen molar-refractivity contribution in [3.05, 3.63) is 59.2 Å². The summed E-state index contributed by atoms with van der Waals surface area (Å²) in [6, 6.07) is 12.8. The molecule has 5 nitrogen and oxygen atoms in total. The highest BCUT2D eigenvalue weighted by Crippen LogP contribution is 2.26. The summed E-state index contributed by atoms with van der Waals surface area (Å²) in [4.78, 5) is 12.6. The van der Waals surface area contributed by atoms with Gasteiger partial charge in [-0.1, -0.05) is 24.3 Å². The molecule has 1 aliphatic heterocycles. The Morgan fingerprint density at radius 1 is 1.07 bits per heavy atom. The second kappa shape index (κ2) is 8.35. The van der Waals surface area contributed by atoms with E-state index in [0.717, 1.165) is 30.8 Å². The van der Waals surface area contributed by atoms with Crippen LogP contribution in [0.4, 0.5) is 0 Å². The van der Waals surface area contributed by atoms with Crippen molar-refractivity contribution in [2.24, 2.45) is 0 Å². The standard InChI is InChI=1S/C22H27NO4S/c1-15(2)28(25,26)20-7-4-17(5-8-20)14-22(24)23-16(3)12-18-6-9-21-19(13-18)10-11-27-21/h4-9,13,15-16H,10-12,14H2,1-3H3,(H,23,24). The first-order valence-corrected chi connectivity index (χ1v) is 11.2. The van der Waals surface area contributed by atoms with Crippen molar-refractivity contribution in [2.45, 2.75) is 56.2 Å². The van der Waals surface area contributed by atoms with Crippen LogP contribution in [0.3, 0.4) is 0 Å². The molecule has 0 aliphatic carbocycles. The molecule has 1 N–H and O–H groups in total. The van der Waals surface area contributed by atoms with Gasteiger partial charge in [0, 0.05) is 12.5 Å². The van der Waals surface area contributed by atoms with Crippen LogP contribution >= 0.6 is 0 Å². The lowest BCUT2D eigenvalue weighted by molar-refractivity contribution is -0.121. The molecule has 0 saturated carbocycles. The molecule has 28 heavy (non-hydrogen) atoms. The molecule has 0 fully saturated rings. The van der Waals surface area contributed by atoms with Crippen LogP contribution in [-0.2, 0) is 33.9 Å². The highest BCUT2D eigenvalue weighted by molar-refractivity contribution is 7.92. The molecule has 0 aromatic heterocycles. The number of ether oxygens (including phenoxy) is 1. The Morgan fingerprint density at radius 3 is 2.43 bits per heavy atom. The maximum absolute atomic E-state index is 12.3. The van der Waals surface area contributed by atoms with Crippen molar-refractivity contribution in [1.82, 2.24) is 5.32 Å². The summed E-state index contributed by atoms with van der Waals surface area (Å²) < 4.78 is 29.9. The van der Waals surface area contributed by atoms with Gasteiger partial charge >= 0.3 is 0 Å². The van der Waals surface area contributed by atoms with Gasteiger partial charge in [0.25, 0.3) is 0 Å². The number of benzene rings is 2. The number of amides is 1. The summed E-state index contributed by atoms with van der Waals surface area (Å²) in [7, 11) is -3.29. The topological polar surface area (TPSA) is 72.5 Å². The van der Waals surface area contributed by atoms with E-state index in [0.29, 0.717) is 4.90 Å². The van der Waals surface area contributed by atoms with E-state index < -0.39 is 15.1 Å². The van der Waals surface area contributed by atoms with Gasteiger partial charge in [-0.05, 0) is 62.1 Å². The monoisotopic (exact) mass is 401 g/mol. The van der Waals surface area contributed by atoms with Crippen LogP contribution in [0.5, 0.6) is 5.75 Å². The number of hydrogen-bond acceptors (Lipinski definition) is 4. The SMILES string of the molecule is CC(Cc1ccc2c(c1)CCO2)NC(=O)Cc1ccc(S(=O)(=O)C(C)C)cc1. The number of nitrogens with one attached hydrogen (secondary N) is 1. The third-order valence-electron chi connectivity index (χ3n) is 4.94. The van der Waals surface area contributed by atoms with E-state index in [1.807, 2.05) is 19.1 Å². The lowest BCUT2D eigenvalue weighted by Crippen LogP contribution is -2.35. The molecule has 1 unspecified atom stereocenters. The van der Waals surface area contributed by atoms with Crippen molar-refractivity contribution in [3.8, 4) is 5.75 Å². The lowest BCUT2D eigenvalue weighted by Gasteiger charge is -2.15. The minimum atomic E-state index is -3.29. The van der Waals surface area contributed by atoms with Gasteiger partial charge in [-0.25, -0.2) is 8.42 Å². The normalized spacial score (nSPS) is 14.4. The molecule has 0 bridgehead atoms. The minimum absolute atomic E-state index is 0.00784. The summed E-state index contributed by atoms with van der Waals surface area (Å²) in [6.45, 7) is 6.04. The number of carbonyl (C=O) groups excluding carboxylic acids is 1. The number of hydrogen-bond donors (Lipinski definition) is 1. The molecule has 1 amide bonds. The first kappa shape index (κ1) is 20.4. The van der Waals surface area contributed by atoms with E-state index in [4.69, 9.17) is 4.74 Å². The quantitative estimate of drug-likeness (QED) is 0.774. The van der Waals surface area contributed by atoms with Crippen LogP contribution in [0, 0.1) is 0 Å². The first-order chi connectivity index (χ1) is 13.3. The van der Waals surface area contributed by atoms with E-state index in [-0.39, 0.29) is 18.4 Å². The molecule has 150 valence electrons. The summed E-state index contributed by atoms with van der Waals surface area (Å²) in [5.41, 5.74) is 3.20. The lowest BCUT2D eigenvalue weighted by atomic mass is 10.0. The number of sulfone groups is 1. The Bertz CT molecular complexity index is 949. The summed E-state index contributed by atoms with van der Waals surface area (Å²) in [5.74, 6) is 0.889. The van der Waals surface area contributed by atoms with Crippen molar-refractivity contribution in [3.63, 3.8) is 0 Å². The number of fused-ring (bicyclic) bond motifs is 1. The molecule has 0 radical (unpaired) electrons. The van der Waals surface area contributed by atoms with Gasteiger partial charge in [0.1, 0.15) is 5.75 Å². The highest BCUT2D eigenvalue weighted by atomic mass is 32.2. The van der Waals surface area contributed by atoms with Gasteiger partial charge in [-0.2, -0.15) is 0 Å². The van der Waals surface area contributed by atoms with Crippen LogP contribution in [0.25, 0.3) is 0 Å². The third kappa shape index (κ3) is 4.73.